The van der Waals surface area contributed by atoms with E-state index < -0.39 is 27.1 Å². The van der Waals surface area contributed by atoms with Crippen LogP contribution in [0.5, 0.6) is 0 Å². The van der Waals surface area contributed by atoms with E-state index in [1.165, 1.54) is 0 Å². The van der Waals surface area contributed by atoms with E-state index in [1.807, 2.05) is 0 Å². The standard InChI is InChI=1S/C3H9O6P.2Li/c4-1-3(5)2-9-10(6,7)8;;/h3-5H,1-2H2,(H2,6,7,8);;/q;2*+1/p-2/t3-;;/m0../s1. The molecule has 9 heteroatoms. The predicted molar refractivity (Wildman–Crippen MR) is 26.7 cm³/mol. The molecule has 2 N–H and O–H groups in total. The van der Waals surface area contributed by atoms with Gasteiger partial charge in [0.2, 0.25) is 0 Å². The number of hydrogen-bond acceptors (Lipinski definition) is 6. The van der Waals surface area contributed by atoms with Crippen LogP contribution in [0.2, 0.25) is 0 Å². The largest absolute Gasteiger partial charge is 1.00 e. The molecule has 0 radical (unpaired) electrons. The molecule has 0 heterocycles. The van der Waals surface area contributed by atoms with E-state index >= 15 is 0 Å². The van der Waals surface area contributed by atoms with Crippen LogP contribution in [-0.4, -0.2) is 29.5 Å². The zero-order valence-electron chi connectivity index (χ0n) is 6.97. The number of rotatable bonds is 4. The second-order valence-corrected chi connectivity index (χ2v) is 2.73. The Morgan fingerprint density at radius 1 is 1.42 bits per heavy atom. The Balaban J connectivity index is -0.000000405. The molecule has 1 atom stereocenters. The van der Waals surface area contributed by atoms with Gasteiger partial charge in [0, 0.05) is 0 Å². The van der Waals surface area contributed by atoms with Crippen molar-refractivity contribution in [1.82, 2.24) is 0 Å². The SMILES string of the molecule is O=P([O-])([O-])OC[C@@H](O)CO.[Li+].[Li+]. The quantitative estimate of drug-likeness (QED) is 0.331. The minimum absolute atomic E-state index is 0. The molecule has 12 heavy (non-hydrogen) atoms. The zero-order chi connectivity index (χ0) is 8.20. The molecule has 0 aliphatic carbocycles. The minimum Gasteiger partial charge on any atom is -0.790 e. The van der Waals surface area contributed by atoms with Crippen LogP contribution >= 0.6 is 7.82 Å². The van der Waals surface area contributed by atoms with Gasteiger partial charge >= 0.3 is 37.7 Å². The summed E-state index contributed by atoms with van der Waals surface area (Å²) in [6.45, 7) is -1.33. The summed E-state index contributed by atoms with van der Waals surface area (Å²) in [5, 5.41) is 16.6. The van der Waals surface area contributed by atoms with Crippen molar-refractivity contribution in [3.63, 3.8) is 0 Å². The van der Waals surface area contributed by atoms with Gasteiger partial charge in [-0.25, -0.2) is 0 Å². The van der Waals surface area contributed by atoms with Gasteiger partial charge in [-0.3, -0.25) is 0 Å². The molecule has 0 saturated heterocycles. The van der Waals surface area contributed by atoms with E-state index in [0.717, 1.165) is 0 Å². The Hall–Kier alpha value is 1.22. The zero-order valence-corrected chi connectivity index (χ0v) is 7.86. The maximum atomic E-state index is 9.71. The summed E-state index contributed by atoms with van der Waals surface area (Å²) in [7, 11) is -5.00. The van der Waals surface area contributed by atoms with Crippen LogP contribution in [0.3, 0.4) is 0 Å². The summed E-state index contributed by atoms with van der Waals surface area (Å²) < 4.78 is 13.3. The molecule has 62 valence electrons. The monoisotopic (exact) mass is 184 g/mol. The first kappa shape index (κ1) is 18.9. The summed E-state index contributed by atoms with van der Waals surface area (Å²) in [5.74, 6) is 0. The molecule has 0 amide bonds. The molecular formula is C3H7Li2O6P. The van der Waals surface area contributed by atoms with Gasteiger partial charge in [0.15, 0.2) is 0 Å². The third kappa shape index (κ3) is 13.8. The molecule has 0 aliphatic rings. The Bertz CT molecular complexity index is 137. The van der Waals surface area contributed by atoms with Crippen molar-refractivity contribution in [2.45, 2.75) is 6.10 Å². The van der Waals surface area contributed by atoms with E-state index in [2.05, 4.69) is 4.52 Å². The average molecular weight is 184 g/mol. The van der Waals surface area contributed by atoms with Gasteiger partial charge in [-0.15, -0.1) is 0 Å². The Kier molecular flexibility index (Phi) is 13.9. The van der Waals surface area contributed by atoms with E-state index in [1.54, 1.807) is 0 Å². The maximum absolute atomic E-state index is 9.71. The number of phosphoric ester groups is 1. The van der Waals surface area contributed by atoms with Crippen molar-refractivity contribution in [2.75, 3.05) is 13.2 Å². The summed E-state index contributed by atoms with van der Waals surface area (Å²) in [5.41, 5.74) is 0. The van der Waals surface area contributed by atoms with Crippen LogP contribution in [0.25, 0.3) is 0 Å². The first-order valence-electron chi connectivity index (χ1n) is 2.41. The van der Waals surface area contributed by atoms with Gasteiger partial charge < -0.3 is 29.1 Å². The van der Waals surface area contributed by atoms with Crippen LogP contribution in [0.15, 0.2) is 0 Å². The third-order valence-corrected chi connectivity index (χ3v) is 1.10. The van der Waals surface area contributed by atoms with Crippen molar-refractivity contribution >= 4 is 7.82 Å². The normalized spacial score (nSPS) is 12.7. The van der Waals surface area contributed by atoms with Gasteiger partial charge in [-0.1, -0.05) is 0 Å². The summed E-state index contributed by atoms with van der Waals surface area (Å²) in [4.78, 5) is 19.4. The molecular weight excluding hydrogens is 177 g/mol. The molecule has 0 aliphatic heterocycles. The molecule has 0 aromatic rings. The first-order chi connectivity index (χ1) is 4.45. The van der Waals surface area contributed by atoms with Crippen LogP contribution < -0.4 is 47.5 Å². The fourth-order valence-electron chi connectivity index (χ4n) is 0.230. The summed E-state index contributed by atoms with van der Waals surface area (Å²) in [6, 6.07) is 0. The number of aliphatic hydroxyl groups excluding tert-OH is 2. The number of hydrogen-bond donors (Lipinski definition) is 2. The smallest absolute Gasteiger partial charge is 0.790 e. The molecule has 0 aromatic heterocycles. The van der Waals surface area contributed by atoms with Crippen LogP contribution in [-0.2, 0) is 9.09 Å². The molecule has 0 rings (SSSR count). The van der Waals surface area contributed by atoms with E-state index in [0.29, 0.717) is 0 Å². The Labute approximate surface area is 93.9 Å². The van der Waals surface area contributed by atoms with Gasteiger partial charge in [0.05, 0.1) is 21.0 Å². The third-order valence-electron chi connectivity index (χ3n) is 0.636. The minimum atomic E-state index is -5.00. The Morgan fingerprint density at radius 3 is 2.08 bits per heavy atom. The molecule has 0 fully saturated rings. The van der Waals surface area contributed by atoms with E-state index in [-0.39, 0.29) is 37.7 Å². The van der Waals surface area contributed by atoms with Gasteiger partial charge in [0.25, 0.3) is 0 Å². The van der Waals surface area contributed by atoms with Gasteiger partial charge in [-0.2, -0.15) is 0 Å². The summed E-state index contributed by atoms with van der Waals surface area (Å²) in [6.07, 6.45) is -1.32. The molecule has 0 spiro atoms. The van der Waals surface area contributed by atoms with Crippen molar-refractivity contribution in [3.05, 3.63) is 0 Å². The van der Waals surface area contributed by atoms with E-state index in [9.17, 15) is 14.4 Å². The van der Waals surface area contributed by atoms with Crippen LogP contribution in [0.1, 0.15) is 0 Å². The fourth-order valence-corrected chi connectivity index (χ4v) is 0.585. The van der Waals surface area contributed by atoms with Crippen molar-refractivity contribution in [2.24, 2.45) is 0 Å². The van der Waals surface area contributed by atoms with Crippen LogP contribution in [0.4, 0.5) is 0 Å². The predicted octanol–water partition coefficient (Wildman–Crippen LogP) is -8.81. The van der Waals surface area contributed by atoms with Gasteiger partial charge in [-0.05, 0) is 0 Å². The Morgan fingerprint density at radius 2 is 1.83 bits per heavy atom. The fraction of sp³-hybridized carbons (Fsp3) is 1.00. The maximum Gasteiger partial charge on any atom is 1.00 e. The van der Waals surface area contributed by atoms with E-state index in [4.69, 9.17) is 10.2 Å². The molecule has 0 saturated carbocycles. The summed E-state index contributed by atoms with van der Waals surface area (Å²) >= 11 is 0. The first-order valence-corrected chi connectivity index (χ1v) is 3.87. The topological polar surface area (TPSA) is 113 Å². The van der Waals surface area contributed by atoms with Crippen molar-refractivity contribution in [3.8, 4) is 0 Å². The number of phosphoric acid groups is 1. The second-order valence-electron chi connectivity index (χ2n) is 1.58. The molecule has 0 bridgehead atoms. The van der Waals surface area contributed by atoms with Crippen molar-refractivity contribution < 1.29 is 66.8 Å². The molecule has 0 aromatic carbocycles. The van der Waals surface area contributed by atoms with Crippen molar-refractivity contribution in [1.29, 1.82) is 0 Å². The molecule has 6 nitrogen and oxygen atoms in total. The molecule has 0 unspecified atom stereocenters. The van der Waals surface area contributed by atoms with Gasteiger partial charge in [0.1, 0.15) is 6.10 Å². The second kappa shape index (κ2) is 8.81. The number of aliphatic hydroxyl groups is 2. The van der Waals surface area contributed by atoms with Crippen LogP contribution in [0, 0.1) is 0 Å². The average Bonchev–Trinajstić information content (AvgIpc) is 1.81.